The average Bonchev–Trinajstić information content (AvgIpc) is 0.819. The number of carbonyl (C=O) groups excluding carboxylic acids is 12. The zero-order valence-corrected chi connectivity index (χ0v) is 64.2. The van der Waals surface area contributed by atoms with Crippen LogP contribution in [0.2, 0.25) is 0 Å². The van der Waals surface area contributed by atoms with Gasteiger partial charge in [-0.15, -0.1) is 0 Å². The average molecular weight is 1400 g/mol. The molecule has 27 nitrogen and oxygen atoms in total. The number of carbonyl (C=O) groups is 12. The van der Waals surface area contributed by atoms with Crippen molar-refractivity contribution < 1.29 is 76.9 Å². The number of nitrogens with two attached hydrogens (primary N) is 1. The van der Waals surface area contributed by atoms with Crippen LogP contribution in [0.5, 0.6) is 0 Å². The van der Waals surface area contributed by atoms with Crippen molar-refractivity contribution in [1.29, 1.82) is 0 Å². The van der Waals surface area contributed by atoms with E-state index in [1.54, 1.807) is 55.4 Å². The number of primary amides is 1. The fourth-order valence-corrected chi connectivity index (χ4v) is 13.2. The van der Waals surface area contributed by atoms with Gasteiger partial charge in [0.15, 0.2) is 11.6 Å². The third kappa shape index (κ3) is 27.2. The molecule has 0 unspecified atom stereocenters. The summed E-state index contributed by atoms with van der Waals surface area (Å²) >= 11 is 0. The maximum absolute atomic E-state index is 15.2. The van der Waals surface area contributed by atoms with E-state index >= 15 is 28.8 Å². The summed E-state index contributed by atoms with van der Waals surface area (Å²) in [6.07, 6.45) is -0.462. The molecule has 27 heteroatoms. The third-order valence-electron chi connectivity index (χ3n) is 19.6. The second-order valence-corrected chi connectivity index (χ2v) is 29.9. The topological polar surface area (TPSA) is 338 Å². The number of nitrogens with zero attached hydrogens (tertiary/aromatic N) is 7. The molecule has 2 saturated heterocycles. The lowest BCUT2D eigenvalue weighted by atomic mass is 9.85. The predicted molar refractivity (Wildman–Crippen MR) is 378 cm³/mol. The van der Waals surface area contributed by atoms with E-state index in [4.69, 9.17) is 19.9 Å². The Morgan fingerprint density at radius 1 is 0.545 bits per heavy atom. The number of hydrogen-bond donors (Lipinski definition) is 5. The highest BCUT2D eigenvalue weighted by atomic mass is 16.5. The number of nitrogens with one attached hydrogen (secondary N) is 3. The van der Waals surface area contributed by atoms with E-state index in [2.05, 4.69) is 20.9 Å². The van der Waals surface area contributed by atoms with Gasteiger partial charge in [0.1, 0.15) is 48.3 Å². The van der Waals surface area contributed by atoms with Crippen LogP contribution in [0.1, 0.15) is 188 Å². The maximum Gasteiger partial charge on any atom is 0.404 e. The normalized spacial score (nSPS) is 26.8. The number of ether oxygens (including phenoxy) is 3. The van der Waals surface area contributed by atoms with Gasteiger partial charge >= 0.3 is 6.09 Å². The van der Waals surface area contributed by atoms with Gasteiger partial charge in [-0.25, -0.2) is 4.79 Å². The maximum atomic E-state index is 15.2. The Hall–Kier alpha value is -6.32. The zero-order chi connectivity index (χ0) is 75.6. The van der Waals surface area contributed by atoms with Crippen LogP contribution >= 0.6 is 0 Å². The first kappa shape index (κ1) is 88.8. The van der Waals surface area contributed by atoms with Gasteiger partial charge in [-0.3, -0.25) is 57.6 Å². The molecule has 568 valence electrons. The summed E-state index contributed by atoms with van der Waals surface area (Å²) in [6.45, 7) is 31.7. The number of likely N-dealkylation sites (N-methyl/N-ethyl adjacent to an activating group) is 6. The Morgan fingerprint density at radius 3 is 1.59 bits per heavy atom. The largest absolute Gasteiger partial charge is 0.450 e. The van der Waals surface area contributed by atoms with Gasteiger partial charge in [0.05, 0.1) is 38.1 Å². The van der Waals surface area contributed by atoms with Crippen LogP contribution < -0.4 is 21.7 Å². The Balaban J connectivity index is 2.98. The SMILES string of the molecule is CC[C@@H]1NC(=O)[C@H]([C@H](O)[C@H](C)CCCCCOC(N)=O)NC(=O)[C@H](C(C)C)N(C)C(=O)[C@H](CC(C)C)N(C)C(=O)[C@H](CC(C)C)N(C)C(=O)[C@@H](C)NC(=O)[C@H](C)CC(=O)[C@H](CC(C)C)N(C)C(=O)[C@H](C(C)C)CC(=O)[C@H]([C@@H](C)OCCCCN2CCOCC2)N(C)C(=O)[C@@H](C)N(C)C1=O. The van der Waals surface area contributed by atoms with E-state index in [0.717, 1.165) is 31.0 Å². The molecule has 0 aromatic rings. The van der Waals surface area contributed by atoms with E-state index in [-0.39, 0.29) is 69.5 Å². The molecule has 0 bridgehead atoms. The number of amides is 10. The fourth-order valence-electron chi connectivity index (χ4n) is 13.2. The van der Waals surface area contributed by atoms with Gasteiger partial charge in [-0.2, -0.15) is 0 Å². The molecule has 2 aliphatic rings. The van der Waals surface area contributed by atoms with Gasteiger partial charge < -0.3 is 70.4 Å². The molecule has 2 heterocycles. The molecule has 2 aliphatic heterocycles. The molecule has 2 rings (SSSR count). The summed E-state index contributed by atoms with van der Waals surface area (Å²) in [4.78, 5) is 185. The number of ketones is 2. The quantitative estimate of drug-likeness (QED) is 0.0821. The van der Waals surface area contributed by atoms with Crippen LogP contribution in [0.3, 0.4) is 0 Å². The standard InChI is InChI=1S/C72H129N11O16/c1-23-53-69(93)77(17)50(15)67(91)82(22)61(51(16)98-33-28-26-30-83-31-35-97-36-32-83)58(85)41-52(45(8)9)68(92)78(18)54(37-42(2)3)57(84)40-48(13)63(87)74-49(14)66(90)79(19)55(38-43(4)5)70(94)80(20)56(39-44(6)7)71(95)81(21)60(46(10)11)65(89)76-59(64(88)75-53)62(86)47(12)29-25-24-27-34-99-72(73)96/h42-56,59-62,86H,23-41H2,1-22H3,(H2,73,96)(H,74,87)(H,75,88)(H,76,89)/t47-,48-,49-,50-,51-,52+,53+,54+,55+,56+,59+,60+,61+,62-/m1/s1. The van der Waals surface area contributed by atoms with Crippen molar-refractivity contribution in [3.63, 3.8) is 0 Å². The van der Waals surface area contributed by atoms with Crippen LogP contribution in [-0.4, -0.2) is 265 Å². The first-order valence-electron chi connectivity index (χ1n) is 36.2. The minimum absolute atomic E-state index is 0.0318. The molecular formula is C72H129N11O16. The minimum atomic E-state index is -1.74. The molecule has 0 saturated carbocycles. The van der Waals surface area contributed by atoms with Gasteiger partial charge in [0.2, 0.25) is 53.2 Å². The van der Waals surface area contributed by atoms with Gasteiger partial charge in [-0.1, -0.05) is 103 Å². The number of Topliss-reactive ketones (excluding diaryl/α,β-unsaturated/α-hetero) is 2. The predicted octanol–water partition coefficient (Wildman–Crippen LogP) is 4.66. The van der Waals surface area contributed by atoms with Crippen molar-refractivity contribution in [2.45, 2.75) is 254 Å². The molecule has 0 radical (unpaired) electrons. The fraction of sp³-hybridized carbons (Fsp3) is 0.833. The summed E-state index contributed by atoms with van der Waals surface area (Å²) in [6, 6.07) is -11.6. The second-order valence-electron chi connectivity index (χ2n) is 29.9. The number of hydrogen-bond acceptors (Lipinski definition) is 17. The van der Waals surface area contributed by atoms with Gasteiger partial charge in [0.25, 0.3) is 0 Å². The summed E-state index contributed by atoms with van der Waals surface area (Å²) in [5.74, 6) is -11.4. The summed E-state index contributed by atoms with van der Waals surface area (Å²) in [5, 5.41) is 20.5. The monoisotopic (exact) mass is 1400 g/mol. The van der Waals surface area contributed by atoms with Crippen molar-refractivity contribution >= 4 is 70.8 Å². The van der Waals surface area contributed by atoms with Crippen molar-refractivity contribution in [3.05, 3.63) is 0 Å². The van der Waals surface area contributed by atoms with Crippen molar-refractivity contribution in [2.75, 3.05) is 88.3 Å². The molecule has 99 heavy (non-hydrogen) atoms. The van der Waals surface area contributed by atoms with E-state index in [9.17, 15) is 33.9 Å². The Morgan fingerprint density at radius 2 is 1.06 bits per heavy atom. The molecule has 14 atom stereocenters. The highest BCUT2D eigenvalue weighted by molar-refractivity contribution is 6.00. The second kappa shape index (κ2) is 42.8. The van der Waals surface area contributed by atoms with Crippen LogP contribution in [0.4, 0.5) is 4.79 Å². The molecule has 2 fully saturated rings. The van der Waals surface area contributed by atoms with Crippen molar-refractivity contribution in [3.8, 4) is 0 Å². The summed E-state index contributed by atoms with van der Waals surface area (Å²) in [7, 11) is 8.62. The molecule has 6 N–H and O–H groups in total. The van der Waals surface area contributed by atoms with Crippen LogP contribution in [0.15, 0.2) is 0 Å². The lowest BCUT2D eigenvalue weighted by Crippen LogP contribution is -2.63. The zero-order valence-electron chi connectivity index (χ0n) is 64.2. The number of morpholine rings is 1. The molecule has 0 aromatic heterocycles. The first-order valence-corrected chi connectivity index (χ1v) is 36.2. The van der Waals surface area contributed by atoms with Crippen LogP contribution in [0.25, 0.3) is 0 Å². The van der Waals surface area contributed by atoms with Gasteiger partial charge in [-0.05, 0) is 114 Å². The lowest BCUT2D eigenvalue weighted by molar-refractivity contribution is -0.154. The van der Waals surface area contributed by atoms with E-state index in [1.807, 2.05) is 41.5 Å². The highest BCUT2D eigenvalue weighted by Crippen LogP contribution is 2.28. The minimum Gasteiger partial charge on any atom is -0.450 e. The van der Waals surface area contributed by atoms with Crippen molar-refractivity contribution in [1.82, 2.24) is 50.2 Å². The Labute approximate surface area is 591 Å². The molecular weight excluding hydrogens is 1270 g/mol. The molecule has 0 aromatic carbocycles. The summed E-state index contributed by atoms with van der Waals surface area (Å²) < 4.78 is 16.8. The number of rotatable bonds is 24. The van der Waals surface area contributed by atoms with Crippen molar-refractivity contribution in [2.24, 2.45) is 53.1 Å². The van der Waals surface area contributed by atoms with E-state index < -0.39 is 167 Å². The third-order valence-corrected chi connectivity index (χ3v) is 19.6. The Kier molecular flexibility index (Phi) is 38.4. The van der Waals surface area contributed by atoms with Crippen LogP contribution in [0, 0.1) is 47.3 Å². The van der Waals surface area contributed by atoms with E-state index in [0.29, 0.717) is 45.3 Å². The first-order chi connectivity index (χ1) is 46.1. The summed E-state index contributed by atoms with van der Waals surface area (Å²) in [5.41, 5.74) is 5.14. The van der Waals surface area contributed by atoms with E-state index in [1.165, 1.54) is 80.6 Å². The highest BCUT2D eigenvalue weighted by Gasteiger charge is 2.45. The smallest absolute Gasteiger partial charge is 0.404 e. The molecule has 10 amide bonds. The lowest BCUT2D eigenvalue weighted by Gasteiger charge is -2.40. The molecule has 0 aliphatic carbocycles. The molecule has 0 spiro atoms. The number of aliphatic hydroxyl groups is 1. The number of unbranched alkanes of at least 4 members (excludes halogenated alkanes) is 3. The Bertz CT molecular complexity index is 2650. The number of aliphatic hydroxyl groups excluding tert-OH is 1. The van der Waals surface area contributed by atoms with Crippen LogP contribution in [-0.2, 0) is 67.0 Å². The van der Waals surface area contributed by atoms with Gasteiger partial charge in [0, 0.05) is 86.7 Å².